The molecule has 0 spiro atoms. The molecule has 1 aliphatic rings. The molecule has 1 saturated heterocycles. The molecule has 1 fully saturated rings. The topological polar surface area (TPSA) is 89.3 Å². The van der Waals surface area contributed by atoms with Crippen LogP contribution in [0.25, 0.3) is 27.8 Å². The maximum absolute atomic E-state index is 12.7. The van der Waals surface area contributed by atoms with Crippen molar-refractivity contribution in [2.24, 2.45) is 0 Å². The first-order chi connectivity index (χ1) is 17.2. The molecule has 4 aromatic rings. The third kappa shape index (κ3) is 4.70. The molecule has 1 amide bonds. The van der Waals surface area contributed by atoms with E-state index in [1.807, 2.05) is 55.8 Å². The summed E-state index contributed by atoms with van der Waals surface area (Å²) in [5, 5.41) is 1.53. The van der Waals surface area contributed by atoms with E-state index in [1.165, 1.54) is 6.33 Å². The standard InChI is InChI=1S/C26H28ClN7O2/c1-17-13-32(25(35)36-26(2,3)4)8-9-33(17)23-22-21(18-11-28-15-29-12-18)14-34(24(22)31-16-30-23)20-7-5-6-19(27)10-20/h5-7,10-12,14-17H,8-9,13H2,1-4H3/t17-/m0/s1. The summed E-state index contributed by atoms with van der Waals surface area (Å²) in [4.78, 5) is 34.5. The van der Waals surface area contributed by atoms with Crippen LogP contribution in [0.4, 0.5) is 10.6 Å². The lowest BCUT2D eigenvalue weighted by Gasteiger charge is -2.41. The summed E-state index contributed by atoms with van der Waals surface area (Å²) in [6.07, 6.45) is 8.38. The van der Waals surface area contributed by atoms with E-state index in [0.29, 0.717) is 24.7 Å². The van der Waals surface area contributed by atoms with Gasteiger partial charge in [-0.2, -0.15) is 0 Å². The SMILES string of the molecule is C[C@H]1CN(C(=O)OC(C)(C)C)CCN1c1ncnc2c1c(-c1cncnc1)cn2-c1cccc(Cl)c1. The van der Waals surface area contributed by atoms with Crippen LogP contribution in [0.1, 0.15) is 27.7 Å². The lowest BCUT2D eigenvalue weighted by Crippen LogP contribution is -2.54. The number of hydrogen-bond acceptors (Lipinski definition) is 7. The van der Waals surface area contributed by atoms with Crippen LogP contribution in [0.5, 0.6) is 0 Å². The maximum Gasteiger partial charge on any atom is 0.410 e. The van der Waals surface area contributed by atoms with E-state index >= 15 is 0 Å². The lowest BCUT2D eigenvalue weighted by atomic mass is 10.1. The highest BCUT2D eigenvalue weighted by Crippen LogP contribution is 2.37. The van der Waals surface area contributed by atoms with Gasteiger partial charge in [0.25, 0.3) is 0 Å². The lowest BCUT2D eigenvalue weighted by molar-refractivity contribution is 0.0218. The third-order valence-electron chi connectivity index (χ3n) is 6.07. The first-order valence-corrected chi connectivity index (χ1v) is 12.2. The van der Waals surface area contributed by atoms with E-state index in [4.69, 9.17) is 21.3 Å². The van der Waals surface area contributed by atoms with E-state index in [1.54, 1.807) is 23.6 Å². The molecular weight excluding hydrogens is 478 g/mol. The molecule has 9 nitrogen and oxygen atoms in total. The predicted octanol–water partition coefficient (Wildman–Crippen LogP) is 4.98. The van der Waals surface area contributed by atoms with Crippen LogP contribution in [0, 0.1) is 0 Å². The van der Waals surface area contributed by atoms with Crippen molar-refractivity contribution >= 4 is 34.5 Å². The number of carbonyl (C=O) groups is 1. The van der Waals surface area contributed by atoms with Crippen LogP contribution < -0.4 is 4.90 Å². The first-order valence-electron chi connectivity index (χ1n) is 11.8. The van der Waals surface area contributed by atoms with Crippen molar-refractivity contribution in [3.8, 4) is 16.8 Å². The highest BCUT2D eigenvalue weighted by molar-refractivity contribution is 6.30. The number of piperazine rings is 1. The van der Waals surface area contributed by atoms with Gasteiger partial charge in [-0.1, -0.05) is 17.7 Å². The molecule has 0 saturated carbocycles. The fourth-order valence-electron chi connectivity index (χ4n) is 4.51. The van der Waals surface area contributed by atoms with E-state index in [2.05, 4.69) is 26.8 Å². The second kappa shape index (κ2) is 9.39. The zero-order valence-corrected chi connectivity index (χ0v) is 21.5. The van der Waals surface area contributed by atoms with Crippen molar-refractivity contribution < 1.29 is 9.53 Å². The zero-order valence-electron chi connectivity index (χ0n) is 20.7. The largest absolute Gasteiger partial charge is 0.444 e. The van der Waals surface area contributed by atoms with Gasteiger partial charge in [0.2, 0.25) is 0 Å². The van der Waals surface area contributed by atoms with Crippen LogP contribution in [-0.2, 0) is 4.74 Å². The van der Waals surface area contributed by atoms with Gasteiger partial charge in [-0.05, 0) is 45.9 Å². The average Bonchev–Trinajstić information content (AvgIpc) is 3.24. The van der Waals surface area contributed by atoms with Crippen LogP contribution in [-0.4, -0.2) is 66.8 Å². The minimum absolute atomic E-state index is 0.0127. The zero-order chi connectivity index (χ0) is 25.4. The minimum Gasteiger partial charge on any atom is -0.444 e. The van der Waals surface area contributed by atoms with Crippen molar-refractivity contribution in [2.75, 3.05) is 24.5 Å². The van der Waals surface area contributed by atoms with E-state index in [-0.39, 0.29) is 12.1 Å². The van der Waals surface area contributed by atoms with Gasteiger partial charge in [0.15, 0.2) is 5.65 Å². The Labute approximate surface area is 214 Å². The Balaban J connectivity index is 1.58. The Morgan fingerprint density at radius 2 is 1.89 bits per heavy atom. The maximum atomic E-state index is 12.7. The molecule has 1 aliphatic heterocycles. The number of fused-ring (bicyclic) bond motifs is 1. The molecule has 5 rings (SSSR count). The smallest absolute Gasteiger partial charge is 0.410 e. The fourth-order valence-corrected chi connectivity index (χ4v) is 4.69. The molecular formula is C26H28ClN7O2. The molecule has 0 bridgehead atoms. The van der Waals surface area contributed by atoms with Crippen LogP contribution in [0.3, 0.4) is 0 Å². The van der Waals surface area contributed by atoms with Crippen LogP contribution in [0.15, 0.2) is 55.5 Å². The number of aromatic nitrogens is 5. The van der Waals surface area contributed by atoms with E-state index in [0.717, 1.165) is 33.7 Å². The van der Waals surface area contributed by atoms with Gasteiger partial charge in [0.1, 0.15) is 24.1 Å². The van der Waals surface area contributed by atoms with E-state index < -0.39 is 5.60 Å². The molecule has 10 heteroatoms. The molecule has 0 unspecified atom stereocenters. The second-order valence-corrected chi connectivity index (χ2v) is 10.3. The third-order valence-corrected chi connectivity index (χ3v) is 6.31. The van der Waals surface area contributed by atoms with Crippen molar-refractivity contribution in [1.82, 2.24) is 29.4 Å². The molecule has 3 aromatic heterocycles. The highest BCUT2D eigenvalue weighted by Gasteiger charge is 2.32. The van der Waals surface area contributed by atoms with Crippen molar-refractivity contribution in [1.29, 1.82) is 0 Å². The van der Waals surface area contributed by atoms with E-state index in [9.17, 15) is 4.79 Å². The van der Waals surface area contributed by atoms with Crippen molar-refractivity contribution in [3.05, 3.63) is 60.5 Å². The normalized spacial score (nSPS) is 16.4. The Hall–Kier alpha value is -3.72. The molecule has 1 aromatic carbocycles. The van der Waals surface area contributed by atoms with Gasteiger partial charge in [-0.25, -0.2) is 24.7 Å². The second-order valence-electron chi connectivity index (χ2n) is 9.88. The highest BCUT2D eigenvalue weighted by atomic mass is 35.5. The fraction of sp³-hybridized carbons (Fsp3) is 0.346. The molecule has 1 atom stereocenters. The first kappa shape index (κ1) is 24.0. The van der Waals surface area contributed by atoms with Gasteiger partial charge >= 0.3 is 6.09 Å². The monoisotopic (exact) mass is 505 g/mol. The summed E-state index contributed by atoms with van der Waals surface area (Å²) in [7, 11) is 0. The number of carbonyl (C=O) groups excluding carboxylic acids is 1. The number of halogens is 1. The summed E-state index contributed by atoms with van der Waals surface area (Å²) in [6.45, 7) is 9.39. The van der Waals surface area contributed by atoms with Crippen LogP contribution in [0.2, 0.25) is 5.02 Å². The number of ether oxygens (including phenoxy) is 1. The summed E-state index contributed by atoms with van der Waals surface area (Å²) in [6, 6.07) is 7.65. The van der Waals surface area contributed by atoms with Crippen molar-refractivity contribution in [2.45, 2.75) is 39.3 Å². The molecule has 0 aliphatic carbocycles. The number of hydrogen-bond donors (Lipinski definition) is 0. The Morgan fingerprint density at radius 1 is 1.11 bits per heavy atom. The van der Waals surface area contributed by atoms with Gasteiger partial charge < -0.3 is 19.1 Å². The minimum atomic E-state index is -0.536. The number of anilines is 1. The number of benzene rings is 1. The summed E-state index contributed by atoms with van der Waals surface area (Å²) in [5.74, 6) is 0.802. The van der Waals surface area contributed by atoms with Gasteiger partial charge in [0, 0.05) is 66.1 Å². The molecule has 0 radical (unpaired) electrons. The Bertz CT molecular complexity index is 1400. The molecule has 0 N–H and O–H groups in total. The van der Waals surface area contributed by atoms with Gasteiger partial charge in [-0.3, -0.25) is 0 Å². The van der Waals surface area contributed by atoms with Crippen LogP contribution >= 0.6 is 11.6 Å². The molecule has 4 heterocycles. The number of nitrogens with zero attached hydrogens (tertiary/aromatic N) is 7. The molecule has 186 valence electrons. The summed E-state index contributed by atoms with van der Waals surface area (Å²) < 4.78 is 7.60. The van der Waals surface area contributed by atoms with Crippen molar-refractivity contribution in [3.63, 3.8) is 0 Å². The summed E-state index contributed by atoms with van der Waals surface area (Å²) in [5.41, 5.74) is 2.89. The van der Waals surface area contributed by atoms with Gasteiger partial charge in [0.05, 0.1) is 5.39 Å². The molecule has 36 heavy (non-hydrogen) atoms. The van der Waals surface area contributed by atoms with Gasteiger partial charge in [-0.15, -0.1) is 0 Å². The number of amides is 1. The Morgan fingerprint density at radius 3 is 2.58 bits per heavy atom. The number of rotatable bonds is 3. The average molecular weight is 506 g/mol. The Kier molecular flexibility index (Phi) is 6.26. The predicted molar refractivity (Wildman–Crippen MR) is 140 cm³/mol. The quantitative estimate of drug-likeness (QED) is 0.388. The summed E-state index contributed by atoms with van der Waals surface area (Å²) >= 11 is 6.30.